The van der Waals surface area contributed by atoms with Gasteiger partial charge in [-0.05, 0) is 42.3 Å². The molecule has 0 aliphatic carbocycles. The molecule has 1 aromatic heterocycles. The number of hydrogen-bond donors (Lipinski definition) is 2. The molecule has 2 aromatic carbocycles. The van der Waals surface area contributed by atoms with E-state index in [4.69, 9.17) is 5.73 Å². The van der Waals surface area contributed by atoms with Gasteiger partial charge in [0.25, 0.3) is 0 Å². The lowest BCUT2D eigenvalue weighted by Crippen LogP contribution is -2.12. The minimum Gasteiger partial charge on any atom is -0.381 e. The van der Waals surface area contributed by atoms with Crippen LogP contribution in [0.3, 0.4) is 0 Å². The van der Waals surface area contributed by atoms with Gasteiger partial charge in [-0.15, -0.1) is 0 Å². The summed E-state index contributed by atoms with van der Waals surface area (Å²) < 4.78 is 0. The van der Waals surface area contributed by atoms with Crippen LogP contribution in [0.25, 0.3) is 10.9 Å². The van der Waals surface area contributed by atoms with Crippen LogP contribution in [-0.2, 0) is 6.54 Å². The molecule has 0 fully saturated rings. The van der Waals surface area contributed by atoms with E-state index in [-0.39, 0.29) is 0 Å². The first kappa shape index (κ1) is 14.1. The Morgan fingerprint density at radius 2 is 2.00 bits per heavy atom. The quantitative estimate of drug-likeness (QED) is 0.775. The van der Waals surface area contributed by atoms with Crippen molar-refractivity contribution in [3.8, 4) is 0 Å². The molecule has 0 saturated heterocycles. The molecule has 0 aliphatic rings. The Hall–Kier alpha value is -2.88. The minimum atomic E-state index is -0.401. The SMILES string of the molecule is Cc1cc(NCc2cccc3cccnc23)ccc1C(N)=O. The number of anilines is 1. The fourth-order valence-electron chi connectivity index (χ4n) is 2.56. The highest BCUT2D eigenvalue weighted by atomic mass is 16.1. The zero-order chi connectivity index (χ0) is 15.5. The summed E-state index contributed by atoms with van der Waals surface area (Å²) in [7, 11) is 0. The number of fused-ring (bicyclic) bond motifs is 1. The highest BCUT2D eigenvalue weighted by molar-refractivity contribution is 5.94. The lowest BCUT2D eigenvalue weighted by molar-refractivity contribution is 0.1000. The van der Waals surface area contributed by atoms with Crippen molar-refractivity contribution in [2.45, 2.75) is 13.5 Å². The van der Waals surface area contributed by atoms with Gasteiger partial charge in [-0.3, -0.25) is 9.78 Å². The Morgan fingerprint density at radius 3 is 2.77 bits per heavy atom. The normalized spacial score (nSPS) is 10.6. The van der Waals surface area contributed by atoms with Crippen LogP contribution in [0.5, 0.6) is 0 Å². The number of hydrogen-bond acceptors (Lipinski definition) is 3. The molecular weight excluding hydrogens is 274 g/mol. The molecule has 4 heteroatoms. The van der Waals surface area contributed by atoms with Crippen LogP contribution in [0.2, 0.25) is 0 Å². The number of para-hydroxylation sites is 1. The minimum absolute atomic E-state index is 0.401. The molecule has 4 nitrogen and oxygen atoms in total. The molecule has 3 rings (SSSR count). The van der Waals surface area contributed by atoms with Gasteiger partial charge in [0.05, 0.1) is 5.52 Å². The molecule has 0 aliphatic heterocycles. The van der Waals surface area contributed by atoms with E-state index in [0.717, 1.165) is 27.7 Å². The van der Waals surface area contributed by atoms with Crippen molar-refractivity contribution in [1.29, 1.82) is 0 Å². The second-order valence-corrected chi connectivity index (χ2v) is 5.24. The van der Waals surface area contributed by atoms with Crippen molar-refractivity contribution < 1.29 is 4.79 Å². The first-order chi connectivity index (χ1) is 10.6. The smallest absolute Gasteiger partial charge is 0.248 e. The number of benzene rings is 2. The molecule has 1 amide bonds. The highest BCUT2D eigenvalue weighted by Gasteiger charge is 2.06. The molecule has 3 N–H and O–H groups in total. The average molecular weight is 291 g/mol. The van der Waals surface area contributed by atoms with Gasteiger partial charge in [-0.25, -0.2) is 0 Å². The summed E-state index contributed by atoms with van der Waals surface area (Å²) in [6.07, 6.45) is 1.80. The summed E-state index contributed by atoms with van der Waals surface area (Å²) in [6.45, 7) is 2.55. The number of nitrogens with zero attached hydrogens (tertiary/aromatic N) is 1. The van der Waals surface area contributed by atoms with E-state index in [1.165, 1.54) is 0 Å². The molecule has 110 valence electrons. The number of rotatable bonds is 4. The first-order valence-electron chi connectivity index (χ1n) is 7.12. The molecule has 0 saturated carbocycles. The Labute approximate surface area is 129 Å². The van der Waals surface area contributed by atoms with Crippen LogP contribution >= 0.6 is 0 Å². The Bertz CT molecular complexity index is 837. The third-order valence-electron chi connectivity index (χ3n) is 3.69. The van der Waals surface area contributed by atoms with Gasteiger partial charge in [0, 0.05) is 29.4 Å². The van der Waals surface area contributed by atoms with E-state index in [9.17, 15) is 4.79 Å². The van der Waals surface area contributed by atoms with Crippen molar-refractivity contribution in [3.63, 3.8) is 0 Å². The number of aromatic nitrogens is 1. The number of nitrogens with one attached hydrogen (secondary N) is 1. The van der Waals surface area contributed by atoms with Crippen molar-refractivity contribution in [2.24, 2.45) is 5.73 Å². The van der Waals surface area contributed by atoms with Gasteiger partial charge in [0.2, 0.25) is 5.91 Å². The van der Waals surface area contributed by atoms with Crippen LogP contribution in [0.1, 0.15) is 21.5 Å². The second kappa shape index (κ2) is 5.85. The molecule has 0 radical (unpaired) electrons. The van der Waals surface area contributed by atoms with Gasteiger partial charge >= 0.3 is 0 Å². The predicted molar refractivity (Wildman–Crippen MR) is 88.8 cm³/mol. The number of nitrogens with two attached hydrogens (primary N) is 1. The molecule has 0 atom stereocenters. The predicted octanol–water partition coefficient (Wildman–Crippen LogP) is 3.25. The van der Waals surface area contributed by atoms with Crippen molar-refractivity contribution >= 4 is 22.5 Å². The second-order valence-electron chi connectivity index (χ2n) is 5.24. The third kappa shape index (κ3) is 2.76. The van der Waals surface area contributed by atoms with E-state index in [1.807, 2.05) is 31.2 Å². The lowest BCUT2D eigenvalue weighted by atomic mass is 10.1. The highest BCUT2D eigenvalue weighted by Crippen LogP contribution is 2.19. The first-order valence-corrected chi connectivity index (χ1v) is 7.12. The zero-order valence-electron chi connectivity index (χ0n) is 12.3. The maximum atomic E-state index is 11.3. The average Bonchev–Trinajstić information content (AvgIpc) is 2.52. The van der Waals surface area contributed by atoms with Gasteiger partial charge in [0.15, 0.2) is 0 Å². The summed E-state index contributed by atoms with van der Waals surface area (Å²) in [5.41, 5.74) is 9.84. The van der Waals surface area contributed by atoms with Crippen LogP contribution < -0.4 is 11.1 Å². The van der Waals surface area contributed by atoms with E-state index < -0.39 is 5.91 Å². The van der Waals surface area contributed by atoms with Crippen molar-refractivity contribution in [3.05, 3.63) is 71.4 Å². The van der Waals surface area contributed by atoms with Crippen LogP contribution in [0.4, 0.5) is 5.69 Å². The lowest BCUT2D eigenvalue weighted by Gasteiger charge is -2.10. The van der Waals surface area contributed by atoms with Crippen molar-refractivity contribution in [1.82, 2.24) is 4.98 Å². The van der Waals surface area contributed by atoms with Gasteiger partial charge in [-0.2, -0.15) is 0 Å². The molecule has 22 heavy (non-hydrogen) atoms. The van der Waals surface area contributed by atoms with Gasteiger partial charge in [-0.1, -0.05) is 24.3 Å². The van der Waals surface area contributed by atoms with Crippen molar-refractivity contribution in [2.75, 3.05) is 5.32 Å². The van der Waals surface area contributed by atoms with Gasteiger partial charge < -0.3 is 11.1 Å². The van der Waals surface area contributed by atoms with E-state index in [1.54, 1.807) is 12.3 Å². The maximum absolute atomic E-state index is 11.3. The largest absolute Gasteiger partial charge is 0.381 e. The fraction of sp³-hybridized carbons (Fsp3) is 0.111. The van der Waals surface area contributed by atoms with Crippen LogP contribution in [0, 0.1) is 6.92 Å². The Balaban J connectivity index is 1.82. The molecule has 3 aromatic rings. The van der Waals surface area contributed by atoms with Crippen LogP contribution in [0.15, 0.2) is 54.7 Å². The van der Waals surface area contributed by atoms with Gasteiger partial charge in [0.1, 0.15) is 0 Å². The van der Waals surface area contributed by atoms with E-state index in [2.05, 4.69) is 28.5 Å². The number of aryl methyl sites for hydroxylation is 1. The molecular formula is C18H17N3O. The standard InChI is InChI=1S/C18H17N3O/c1-12-10-15(7-8-16(12)18(19)22)21-11-14-5-2-4-13-6-3-9-20-17(13)14/h2-10,21H,11H2,1H3,(H2,19,22). The maximum Gasteiger partial charge on any atom is 0.248 e. The number of carbonyl (C=O) groups excluding carboxylic acids is 1. The Kier molecular flexibility index (Phi) is 3.74. The summed E-state index contributed by atoms with van der Waals surface area (Å²) in [5, 5.41) is 4.49. The van der Waals surface area contributed by atoms with Crippen LogP contribution in [-0.4, -0.2) is 10.9 Å². The molecule has 0 unspecified atom stereocenters. The molecule has 1 heterocycles. The topological polar surface area (TPSA) is 68.0 Å². The summed E-state index contributed by atoms with van der Waals surface area (Å²) in [5.74, 6) is -0.401. The Morgan fingerprint density at radius 1 is 1.18 bits per heavy atom. The monoisotopic (exact) mass is 291 g/mol. The number of pyridine rings is 1. The third-order valence-corrected chi connectivity index (χ3v) is 3.69. The fourth-order valence-corrected chi connectivity index (χ4v) is 2.56. The summed E-state index contributed by atoms with van der Waals surface area (Å²) in [4.78, 5) is 15.7. The number of amides is 1. The van der Waals surface area contributed by atoms with E-state index >= 15 is 0 Å². The van der Waals surface area contributed by atoms with E-state index in [0.29, 0.717) is 12.1 Å². The summed E-state index contributed by atoms with van der Waals surface area (Å²) in [6, 6.07) is 15.7. The molecule has 0 bridgehead atoms. The number of primary amides is 1. The molecule has 0 spiro atoms. The number of carbonyl (C=O) groups is 1. The summed E-state index contributed by atoms with van der Waals surface area (Å²) >= 11 is 0. The zero-order valence-corrected chi connectivity index (χ0v) is 12.3.